The van der Waals surface area contributed by atoms with Crippen LogP contribution in [0.3, 0.4) is 0 Å². The maximum atomic E-state index is 11.4. The largest absolute Gasteiger partial charge is 0.379 e. The Morgan fingerprint density at radius 1 is 0.905 bits per heavy atom. The molecule has 3 unspecified atom stereocenters. The Hall–Kier alpha value is -1.97. The zero-order chi connectivity index (χ0) is 14.8. The molecule has 0 bridgehead atoms. The number of aliphatic imine (C=N–C) groups is 1. The van der Waals surface area contributed by atoms with E-state index in [4.69, 9.17) is 0 Å². The summed E-state index contributed by atoms with van der Waals surface area (Å²) < 4.78 is 0. The maximum absolute atomic E-state index is 11.4. The molecule has 0 aromatic heterocycles. The molecule has 0 saturated heterocycles. The first-order valence-corrected chi connectivity index (χ1v) is 7.20. The van der Waals surface area contributed by atoms with Gasteiger partial charge in [-0.1, -0.05) is 55.5 Å². The van der Waals surface area contributed by atoms with Gasteiger partial charge in [0, 0.05) is 17.2 Å². The Labute approximate surface area is 123 Å². The summed E-state index contributed by atoms with van der Waals surface area (Å²) in [7, 11) is 0. The van der Waals surface area contributed by atoms with Crippen molar-refractivity contribution in [3.05, 3.63) is 59.7 Å². The lowest BCUT2D eigenvalue weighted by molar-refractivity contribution is -0.165. The van der Waals surface area contributed by atoms with E-state index in [0.29, 0.717) is 5.56 Å². The van der Waals surface area contributed by atoms with E-state index >= 15 is 0 Å². The van der Waals surface area contributed by atoms with Crippen LogP contribution in [-0.4, -0.2) is 15.9 Å². The Morgan fingerprint density at radius 3 is 2.10 bits per heavy atom. The van der Waals surface area contributed by atoms with Crippen molar-refractivity contribution < 1.29 is 10.2 Å². The van der Waals surface area contributed by atoms with E-state index in [1.54, 1.807) is 0 Å². The first-order valence-electron chi connectivity index (χ1n) is 7.20. The van der Waals surface area contributed by atoms with Crippen LogP contribution < -0.4 is 0 Å². The van der Waals surface area contributed by atoms with Crippen LogP contribution in [-0.2, 0) is 11.3 Å². The molecule has 2 aromatic rings. The number of benzene rings is 2. The average Bonchev–Trinajstić information content (AvgIpc) is 2.69. The number of hydrogen-bond donors (Lipinski definition) is 2. The quantitative estimate of drug-likeness (QED) is 0.779. The van der Waals surface area contributed by atoms with Crippen LogP contribution in [0.25, 0.3) is 11.1 Å². The van der Waals surface area contributed by atoms with Crippen LogP contribution in [0.1, 0.15) is 25.0 Å². The fourth-order valence-corrected chi connectivity index (χ4v) is 3.80. The molecule has 0 saturated carbocycles. The summed E-state index contributed by atoms with van der Waals surface area (Å²) in [6, 6.07) is 15.4. The van der Waals surface area contributed by atoms with Gasteiger partial charge in [0.2, 0.25) is 5.72 Å². The highest BCUT2D eigenvalue weighted by atomic mass is 16.4. The van der Waals surface area contributed by atoms with Crippen LogP contribution in [0.15, 0.2) is 53.5 Å². The average molecular weight is 279 g/mol. The Balaban J connectivity index is 2.17. The van der Waals surface area contributed by atoms with Crippen LogP contribution in [0, 0.1) is 5.92 Å². The Morgan fingerprint density at radius 2 is 1.43 bits per heavy atom. The highest BCUT2D eigenvalue weighted by Gasteiger charge is 2.63. The minimum atomic E-state index is -1.61. The van der Waals surface area contributed by atoms with Gasteiger partial charge in [-0.15, -0.1) is 0 Å². The highest BCUT2D eigenvalue weighted by Crippen LogP contribution is 2.58. The van der Waals surface area contributed by atoms with Crippen molar-refractivity contribution in [1.29, 1.82) is 0 Å². The molecule has 4 rings (SSSR count). The monoisotopic (exact) mass is 279 g/mol. The lowest BCUT2D eigenvalue weighted by Crippen LogP contribution is -2.51. The zero-order valence-corrected chi connectivity index (χ0v) is 12.0. The first-order chi connectivity index (χ1) is 10.00. The molecule has 2 N–H and O–H groups in total. The summed E-state index contributed by atoms with van der Waals surface area (Å²) in [4.78, 5) is 4.46. The minimum Gasteiger partial charge on any atom is -0.379 e. The second kappa shape index (κ2) is 3.81. The number of nitrogens with zero attached hydrogens (tertiary/aromatic N) is 1. The predicted molar refractivity (Wildman–Crippen MR) is 81.9 cm³/mol. The van der Waals surface area contributed by atoms with E-state index in [0.717, 1.165) is 22.4 Å². The summed E-state index contributed by atoms with van der Waals surface area (Å²) in [5.74, 6) is -0.239. The maximum Gasteiger partial charge on any atom is 0.216 e. The first kappa shape index (κ1) is 12.7. The van der Waals surface area contributed by atoms with Gasteiger partial charge in [-0.2, -0.15) is 0 Å². The third-order valence-electron chi connectivity index (χ3n) is 5.05. The van der Waals surface area contributed by atoms with Gasteiger partial charge in [0.1, 0.15) is 0 Å². The number of fused-ring (bicyclic) bond motifs is 6. The topological polar surface area (TPSA) is 52.8 Å². The lowest BCUT2D eigenvalue weighted by atomic mass is 9.66. The minimum absolute atomic E-state index is 0.239. The molecule has 1 aliphatic heterocycles. The van der Waals surface area contributed by atoms with Gasteiger partial charge in [-0.05, 0) is 23.6 Å². The number of aliphatic hydroxyl groups is 2. The van der Waals surface area contributed by atoms with E-state index in [1.807, 2.05) is 62.4 Å². The van der Waals surface area contributed by atoms with E-state index in [-0.39, 0.29) is 5.92 Å². The van der Waals surface area contributed by atoms with Crippen molar-refractivity contribution in [2.45, 2.75) is 25.2 Å². The Bertz CT molecular complexity index is 782. The molecule has 3 heteroatoms. The van der Waals surface area contributed by atoms with Crippen molar-refractivity contribution in [1.82, 2.24) is 0 Å². The van der Waals surface area contributed by atoms with Crippen LogP contribution in [0.4, 0.5) is 0 Å². The summed E-state index contributed by atoms with van der Waals surface area (Å²) in [5, 5.41) is 22.7. The number of rotatable bonds is 0. The third kappa shape index (κ3) is 1.29. The van der Waals surface area contributed by atoms with Crippen LogP contribution in [0.5, 0.6) is 0 Å². The molecule has 3 nitrogen and oxygen atoms in total. The highest BCUT2D eigenvalue weighted by molar-refractivity contribution is 5.91. The van der Waals surface area contributed by atoms with Gasteiger partial charge in [-0.3, -0.25) is 4.99 Å². The van der Waals surface area contributed by atoms with Gasteiger partial charge in [0.25, 0.3) is 0 Å². The van der Waals surface area contributed by atoms with E-state index in [1.165, 1.54) is 0 Å². The van der Waals surface area contributed by atoms with Crippen molar-refractivity contribution >= 4 is 5.71 Å². The molecule has 106 valence electrons. The summed E-state index contributed by atoms with van der Waals surface area (Å²) >= 11 is 0. The molecule has 1 heterocycles. The smallest absolute Gasteiger partial charge is 0.216 e. The fourth-order valence-electron chi connectivity index (χ4n) is 3.80. The Kier molecular flexibility index (Phi) is 2.31. The molecule has 1 aliphatic carbocycles. The van der Waals surface area contributed by atoms with Gasteiger partial charge >= 0.3 is 0 Å². The molecule has 2 aromatic carbocycles. The molecular weight excluding hydrogens is 262 g/mol. The zero-order valence-electron chi connectivity index (χ0n) is 12.0. The van der Waals surface area contributed by atoms with Crippen molar-refractivity contribution in [2.75, 3.05) is 0 Å². The fraction of sp³-hybridized carbons (Fsp3) is 0.278. The van der Waals surface area contributed by atoms with Crippen molar-refractivity contribution in [2.24, 2.45) is 10.9 Å². The third-order valence-corrected chi connectivity index (χ3v) is 5.05. The van der Waals surface area contributed by atoms with Gasteiger partial charge in [0.15, 0.2) is 5.60 Å². The molecule has 21 heavy (non-hydrogen) atoms. The van der Waals surface area contributed by atoms with Crippen LogP contribution >= 0.6 is 0 Å². The molecule has 0 fully saturated rings. The second-order valence-electron chi connectivity index (χ2n) is 6.00. The van der Waals surface area contributed by atoms with Gasteiger partial charge in [0.05, 0.1) is 0 Å². The van der Waals surface area contributed by atoms with Crippen molar-refractivity contribution in [3.8, 4) is 11.1 Å². The number of hydrogen-bond acceptors (Lipinski definition) is 3. The molecule has 0 amide bonds. The van der Waals surface area contributed by atoms with E-state index in [9.17, 15) is 10.2 Å². The summed E-state index contributed by atoms with van der Waals surface area (Å²) in [6.45, 7) is 3.78. The second-order valence-corrected chi connectivity index (χ2v) is 6.00. The molecule has 2 aliphatic rings. The molecular formula is C18H17NO2. The summed E-state index contributed by atoms with van der Waals surface area (Å²) in [5.41, 5.74) is 1.08. The van der Waals surface area contributed by atoms with Crippen LogP contribution in [0.2, 0.25) is 0 Å². The SMILES string of the molecule is CC1=NC2(O)c3ccccc3-c3ccccc3C2(O)C1C. The van der Waals surface area contributed by atoms with Gasteiger partial charge < -0.3 is 10.2 Å². The molecule has 3 atom stereocenters. The summed E-state index contributed by atoms with van der Waals surface area (Å²) in [6.07, 6.45) is 0. The van der Waals surface area contributed by atoms with Crippen molar-refractivity contribution in [3.63, 3.8) is 0 Å². The molecule has 0 radical (unpaired) electrons. The van der Waals surface area contributed by atoms with E-state index in [2.05, 4.69) is 4.99 Å². The standard InChI is InChI=1S/C18H17NO2/c1-11-12(2)19-18(21)16-10-6-4-8-14(16)13-7-3-5-9-15(13)17(11,18)20/h3-11,20-21H,1-2H3. The predicted octanol–water partition coefficient (Wildman–Crippen LogP) is 2.81. The molecule has 0 spiro atoms. The van der Waals surface area contributed by atoms with Gasteiger partial charge in [-0.25, -0.2) is 0 Å². The van der Waals surface area contributed by atoms with E-state index < -0.39 is 11.3 Å². The lowest BCUT2D eigenvalue weighted by Gasteiger charge is -2.45. The normalized spacial score (nSPS) is 33.0.